The molecule has 3 nitrogen and oxygen atoms in total. The highest BCUT2D eigenvalue weighted by atomic mass is 32.2. The quantitative estimate of drug-likeness (QED) is 0.566. The summed E-state index contributed by atoms with van der Waals surface area (Å²) in [5.74, 6) is 2.56. The molecule has 0 aliphatic carbocycles. The minimum atomic E-state index is 0.315. The summed E-state index contributed by atoms with van der Waals surface area (Å²) in [5, 5.41) is 3.30. The van der Waals surface area contributed by atoms with E-state index in [0.717, 1.165) is 34.4 Å². The van der Waals surface area contributed by atoms with Gasteiger partial charge in [-0.2, -0.15) is 0 Å². The Balaban J connectivity index is 1.39. The van der Waals surface area contributed by atoms with Crippen LogP contribution in [0.5, 0.6) is 11.5 Å². The molecule has 0 fully saturated rings. The smallest absolute Gasteiger partial charge is 0.231 e. The number of hydrogen-bond donors (Lipinski definition) is 0. The fourth-order valence-corrected chi connectivity index (χ4v) is 4.50. The lowest BCUT2D eigenvalue weighted by Crippen LogP contribution is -1.93. The van der Waals surface area contributed by atoms with E-state index in [9.17, 15) is 0 Å². The third-order valence-electron chi connectivity index (χ3n) is 4.26. The van der Waals surface area contributed by atoms with Crippen molar-refractivity contribution in [3.05, 3.63) is 69.2 Å². The Morgan fingerprint density at radius 1 is 1.04 bits per heavy atom. The Hall–Kier alpha value is -1.98. The number of aryl methyl sites for hydroxylation is 2. The van der Waals surface area contributed by atoms with Crippen LogP contribution in [0.25, 0.3) is 0 Å². The molecule has 1 aliphatic heterocycles. The number of ether oxygens (including phenoxy) is 2. The number of aromatic nitrogens is 1. The van der Waals surface area contributed by atoms with Crippen molar-refractivity contribution >= 4 is 23.1 Å². The molecular weight excluding hydrogens is 350 g/mol. The van der Waals surface area contributed by atoms with Gasteiger partial charge in [0, 0.05) is 22.4 Å². The Morgan fingerprint density at radius 3 is 2.80 bits per heavy atom. The minimum absolute atomic E-state index is 0.315. The molecular formula is C20H19NO2S2. The van der Waals surface area contributed by atoms with Crippen molar-refractivity contribution in [1.82, 2.24) is 4.98 Å². The first-order valence-corrected chi connectivity index (χ1v) is 10.1. The number of nitrogens with zero attached hydrogens (tertiary/aromatic N) is 1. The average molecular weight is 370 g/mol. The number of hydrogen-bond acceptors (Lipinski definition) is 5. The van der Waals surface area contributed by atoms with Crippen molar-refractivity contribution in [3.8, 4) is 11.5 Å². The maximum Gasteiger partial charge on any atom is 0.231 e. The van der Waals surface area contributed by atoms with E-state index >= 15 is 0 Å². The van der Waals surface area contributed by atoms with E-state index < -0.39 is 0 Å². The lowest BCUT2D eigenvalue weighted by molar-refractivity contribution is 0.174. The molecule has 2 heterocycles. The molecule has 2 aromatic carbocycles. The molecule has 4 rings (SSSR count). The van der Waals surface area contributed by atoms with E-state index in [0.29, 0.717) is 6.79 Å². The van der Waals surface area contributed by atoms with Crippen LogP contribution in [0.4, 0.5) is 0 Å². The van der Waals surface area contributed by atoms with E-state index in [4.69, 9.17) is 14.5 Å². The molecule has 0 spiro atoms. The average Bonchev–Trinajstić information content (AvgIpc) is 3.25. The second-order valence-electron chi connectivity index (χ2n) is 6.13. The number of thioether (sulfide) groups is 1. The molecule has 0 radical (unpaired) electrons. The summed E-state index contributed by atoms with van der Waals surface area (Å²) in [6.07, 6.45) is 0.829. The second-order valence-corrected chi connectivity index (χ2v) is 8.12. The lowest BCUT2D eigenvalue weighted by Gasteiger charge is -2.04. The molecule has 128 valence electrons. The normalized spacial score (nSPS) is 12.6. The van der Waals surface area contributed by atoms with Gasteiger partial charge in [0.2, 0.25) is 6.79 Å². The van der Waals surface area contributed by atoms with Crippen molar-refractivity contribution in [2.75, 3.05) is 6.79 Å². The van der Waals surface area contributed by atoms with Crippen LogP contribution in [-0.2, 0) is 12.2 Å². The third kappa shape index (κ3) is 3.83. The van der Waals surface area contributed by atoms with E-state index in [-0.39, 0.29) is 0 Å². The van der Waals surface area contributed by atoms with Gasteiger partial charge in [0.05, 0.1) is 10.7 Å². The predicted octanol–water partition coefficient (Wildman–Crippen LogP) is 5.37. The maximum absolute atomic E-state index is 5.45. The highest BCUT2D eigenvalue weighted by molar-refractivity contribution is 7.98. The summed E-state index contributed by atoms with van der Waals surface area (Å²) in [6, 6.07) is 12.7. The number of rotatable bonds is 5. The molecule has 0 saturated heterocycles. The summed E-state index contributed by atoms with van der Waals surface area (Å²) in [5.41, 5.74) is 5.02. The van der Waals surface area contributed by atoms with Gasteiger partial charge in [0.1, 0.15) is 0 Å². The number of thiazole rings is 1. The van der Waals surface area contributed by atoms with Gasteiger partial charge in [0.15, 0.2) is 11.5 Å². The van der Waals surface area contributed by atoms with E-state index in [1.165, 1.54) is 21.6 Å². The second kappa shape index (κ2) is 7.10. The molecule has 25 heavy (non-hydrogen) atoms. The van der Waals surface area contributed by atoms with Gasteiger partial charge in [-0.3, -0.25) is 0 Å². The molecule has 5 heteroatoms. The van der Waals surface area contributed by atoms with E-state index in [1.54, 1.807) is 11.3 Å². The third-order valence-corrected chi connectivity index (χ3v) is 6.18. The van der Waals surface area contributed by atoms with Crippen LogP contribution in [0.1, 0.15) is 27.4 Å². The molecule has 1 aliphatic rings. The highest BCUT2D eigenvalue weighted by Crippen LogP contribution is 2.33. The molecule has 0 saturated carbocycles. The summed E-state index contributed by atoms with van der Waals surface area (Å²) >= 11 is 3.56. The zero-order valence-electron chi connectivity index (χ0n) is 14.2. The van der Waals surface area contributed by atoms with Crippen molar-refractivity contribution < 1.29 is 9.47 Å². The maximum atomic E-state index is 5.45. The highest BCUT2D eigenvalue weighted by Gasteiger charge is 2.14. The summed E-state index contributed by atoms with van der Waals surface area (Å²) in [7, 11) is 0. The van der Waals surface area contributed by atoms with Crippen LogP contribution in [0.15, 0.2) is 46.7 Å². The van der Waals surface area contributed by atoms with Crippen molar-refractivity contribution in [3.63, 3.8) is 0 Å². The Bertz CT molecular complexity index is 904. The first-order chi connectivity index (χ1) is 12.2. The SMILES string of the molecule is Cc1ccc(SCc2csc(Cc3ccc4c(c3)OCO4)n2)cc1C. The van der Waals surface area contributed by atoms with Crippen LogP contribution in [0.2, 0.25) is 0 Å². The molecule has 0 unspecified atom stereocenters. The van der Waals surface area contributed by atoms with E-state index in [1.807, 2.05) is 23.9 Å². The van der Waals surface area contributed by atoms with Crippen LogP contribution >= 0.6 is 23.1 Å². The van der Waals surface area contributed by atoms with Crippen LogP contribution in [0.3, 0.4) is 0 Å². The van der Waals surface area contributed by atoms with Gasteiger partial charge in [-0.25, -0.2) is 4.98 Å². The van der Waals surface area contributed by atoms with Crippen molar-refractivity contribution in [2.24, 2.45) is 0 Å². The van der Waals surface area contributed by atoms with Crippen molar-refractivity contribution in [1.29, 1.82) is 0 Å². The number of fused-ring (bicyclic) bond motifs is 1. The minimum Gasteiger partial charge on any atom is -0.454 e. The monoisotopic (exact) mass is 369 g/mol. The molecule has 0 N–H and O–H groups in total. The molecule has 0 bridgehead atoms. The Labute approximate surface area is 156 Å². The van der Waals surface area contributed by atoms with Gasteiger partial charge < -0.3 is 9.47 Å². The first kappa shape index (κ1) is 16.5. The molecule has 3 aromatic rings. The van der Waals surface area contributed by atoms with Crippen LogP contribution in [-0.4, -0.2) is 11.8 Å². The van der Waals surface area contributed by atoms with Gasteiger partial charge in [0.25, 0.3) is 0 Å². The molecule has 1 aromatic heterocycles. The lowest BCUT2D eigenvalue weighted by atomic mass is 10.1. The van der Waals surface area contributed by atoms with Gasteiger partial charge in [-0.15, -0.1) is 23.1 Å². The fourth-order valence-electron chi connectivity index (χ4n) is 2.68. The summed E-state index contributed by atoms with van der Waals surface area (Å²) < 4.78 is 10.8. The predicted molar refractivity (Wildman–Crippen MR) is 103 cm³/mol. The zero-order chi connectivity index (χ0) is 17.2. The Morgan fingerprint density at radius 2 is 1.92 bits per heavy atom. The van der Waals surface area contributed by atoms with Crippen molar-refractivity contribution in [2.45, 2.75) is 30.9 Å². The van der Waals surface area contributed by atoms with Gasteiger partial charge >= 0.3 is 0 Å². The largest absolute Gasteiger partial charge is 0.454 e. The Kier molecular flexibility index (Phi) is 4.68. The fraction of sp³-hybridized carbons (Fsp3) is 0.250. The standard InChI is InChI=1S/C20H19NO2S2/c1-13-3-5-17(7-14(13)2)24-10-16-11-25-20(21-16)9-15-4-6-18-19(8-15)23-12-22-18/h3-8,11H,9-10,12H2,1-2H3. The number of benzene rings is 2. The van der Waals surface area contributed by atoms with Crippen LogP contribution in [0, 0.1) is 13.8 Å². The zero-order valence-corrected chi connectivity index (χ0v) is 15.9. The first-order valence-electron chi connectivity index (χ1n) is 8.19. The molecule has 0 amide bonds. The van der Waals surface area contributed by atoms with Gasteiger partial charge in [-0.05, 0) is 54.8 Å². The van der Waals surface area contributed by atoms with E-state index in [2.05, 4.69) is 43.5 Å². The summed E-state index contributed by atoms with van der Waals surface area (Å²) in [4.78, 5) is 6.08. The molecule has 0 atom stereocenters. The van der Waals surface area contributed by atoms with Gasteiger partial charge in [-0.1, -0.05) is 12.1 Å². The topological polar surface area (TPSA) is 31.4 Å². The van der Waals surface area contributed by atoms with Crippen LogP contribution < -0.4 is 9.47 Å². The summed E-state index contributed by atoms with van der Waals surface area (Å²) in [6.45, 7) is 4.62.